The number of benzene rings is 3. The van der Waals surface area contributed by atoms with Gasteiger partial charge in [0.1, 0.15) is 11.5 Å². The van der Waals surface area contributed by atoms with Gasteiger partial charge < -0.3 is 25.4 Å². The number of hydrogen-bond donors (Lipinski definition) is 3. The minimum absolute atomic E-state index is 0.0688. The minimum Gasteiger partial charge on any atom is -0.481 e. The molecule has 3 amide bonds. The number of carbonyl (C=O) groups is 3. The molecule has 0 saturated carbocycles. The lowest BCUT2D eigenvalue weighted by Crippen LogP contribution is -2.38. The number of hydrogen-bond acceptors (Lipinski definition) is 4. The molecule has 0 spiro atoms. The van der Waals surface area contributed by atoms with Crippen molar-refractivity contribution in [1.29, 1.82) is 0 Å². The molecule has 212 valence electrons. The molecule has 40 heavy (non-hydrogen) atoms. The number of carbonyl (C=O) groups excluding carboxylic acids is 2. The van der Waals surface area contributed by atoms with Gasteiger partial charge in [-0.3, -0.25) is 9.59 Å². The van der Waals surface area contributed by atoms with E-state index in [-0.39, 0.29) is 24.9 Å². The molecule has 8 heteroatoms. The Balaban J connectivity index is 1.67. The summed E-state index contributed by atoms with van der Waals surface area (Å²) in [5.41, 5.74) is 2.01. The van der Waals surface area contributed by atoms with Crippen LogP contribution in [-0.2, 0) is 11.3 Å². The zero-order valence-corrected chi connectivity index (χ0v) is 23.3. The summed E-state index contributed by atoms with van der Waals surface area (Å²) in [4.78, 5) is 38.2. The first-order valence-corrected chi connectivity index (χ1v) is 13.9. The van der Waals surface area contributed by atoms with Crippen molar-refractivity contribution in [2.45, 2.75) is 52.5 Å². The third kappa shape index (κ3) is 10.1. The van der Waals surface area contributed by atoms with Crippen LogP contribution in [0.2, 0.25) is 0 Å². The lowest BCUT2D eigenvalue weighted by atomic mass is 9.98. The van der Waals surface area contributed by atoms with Crippen molar-refractivity contribution in [3.05, 3.63) is 90.0 Å². The van der Waals surface area contributed by atoms with Crippen LogP contribution in [0, 0.1) is 5.92 Å². The van der Waals surface area contributed by atoms with Crippen molar-refractivity contribution < 1.29 is 24.2 Å². The summed E-state index contributed by atoms with van der Waals surface area (Å²) in [7, 11) is 0. The molecule has 3 rings (SSSR count). The highest BCUT2D eigenvalue weighted by Crippen LogP contribution is 2.23. The van der Waals surface area contributed by atoms with Gasteiger partial charge >= 0.3 is 12.0 Å². The first-order valence-electron chi connectivity index (χ1n) is 13.9. The Labute approximate surface area is 236 Å². The molecule has 0 radical (unpaired) electrons. The van der Waals surface area contributed by atoms with Crippen molar-refractivity contribution in [2.24, 2.45) is 5.92 Å². The van der Waals surface area contributed by atoms with Crippen LogP contribution < -0.4 is 15.4 Å². The van der Waals surface area contributed by atoms with Gasteiger partial charge in [0.25, 0.3) is 5.91 Å². The summed E-state index contributed by atoms with van der Waals surface area (Å²) >= 11 is 0. The molecule has 3 N–H and O–H groups in total. The predicted molar refractivity (Wildman–Crippen MR) is 157 cm³/mol. The van der Waals surface area contributed by atoms with Gasteiger partial charge in [-0.15, -0.1) is 0 Å². The highest BCUT2D eigenvalue weighted by molar-refractivity contribution is 5.94. The van der Waals surface area contributed by atoms with Crippen molar-refractivity contribution in [3.63, 3.8) is 0 Å². The smallest absolute Gasteiger partial charge is 0.322 e. The number of amides is 3. The number of aliphatic carboxylic acids is 1. The van der Waals surface area contributed by atoms with E-state index in [1.807, 2.05) is 71.6 Å². The molecule has 0 aliphatic rings. The molecule has 0 aromatic heterocycles. The summed E-state index contributed by atoms with van der Waals surface area (Å²) in [5, 5.41) is 14.4. The molecule has 3 aromatic rings. The fourth-order valence-corrected chi connectivity index (χ4v) is 4.25. The van der Waals surface area contributed by atoms with E-state index >= 15 is 0 Å². The molecule has 3 aromatic carbocycles. The van der Waals surface area contributed by atoms with Gasteiger partial charge in [0.2, 0.25) is 0 Å². The van der Waals surface area contributed by atoms with Crippen molar-refractivity contribution in [2.75, 3.05) is 18.4 Å². The van der Waals surface area contributed by atoms with Gasteiger partial charge in [-0.25, -0.2) is 4.79 Å². The van der Waals surface area contributed by atoms with E-state index in [2.05, 4.69) is 24.5 Å². The van der Waals surface area contributed by atoms with E-state index in [1.165, 1.54) is 0 Å². The fourth-order valence-electron chi connectivity index (χ4n) is 4.25. The average molecular weight is 546 g/mol. The van der Waals surface area contributed by atoms with Crippen LogP contribution in [0.15, 0.2) is 78.9 Å². The van der Waals surface area contributed by atoms with E-state index < -0.39 is 5.97 Å². The maximum Gasteiger partial charge on any atom is 0.322 e. The van der Waals surface area contributed by atoms with Gasteiger partial charge in [0.15, 0.2) is 0 Å². The number of nitrogens with zero attached hydrogens (tertiary/aromatic N) is 1. The van der Waals surface area contributed by atoms with Crippen LogP contribution in [0.1, 0.15) is 61.9 Å². The topological polar surface area (TPSA) is 108 Å². The van der Waals surface area contributed by atoms with Crippen LogP contribution in [0.3, 0.4) is 0 Å². The molecule has 1 atom stereocenters. The maximum absolute atomic E-state index is 13.4. The number of ether oxygens (including phenoxy) is 1. The highest BCUT2D eigenvalue weighted by atomic mass is 16.5. The normalized spacial score (nSPS) is 11.3. The van der Waals surface area contributed by atoms with E-state index in [9.17, 15) is 14.4 Å². The zero-order valence-electron chi connectivity index (χ0n) is 23.3. The molecular formula is C32H39N3O5. The zero-order chi connectivity index (χ0) is 28.7. The Morgan fingerprint density at radius 1 is 0.900 bits per heavy atom. The van der Waals surface area contributed by atoms with E-state index in [4.69, 9.17) is 9.84 Å². The molecule has 8 nitrogen and oxygen atoms in total. The number of carboxylic acids is 1. The van der Waals surface area contributed by atoms with Crippen LogP contribution >= 0.6 is 0 Å². The highest BCUT2D eigenvalue weighted by Gasteiger charge is 2.19. The van der Waals surface area contributed by atoms with Crippen molar-refractivity contribution in [1.82, 2.24) is 10.2 Å². The van der Waals surface area contributed by atoms with Gasteiger partial charge in [0.05, 0.1) is 6.42 Å². The van der Waals surface area contributed by atoms with E-state index in [0.717, 1.165) is 37.0 Å². The molecule has 0 saturated heterocycles. The summed E-state index contributed by atoms with van der Waals surface area (Å²) in [6, 6.07) is 23.7. The lowest BCUT2D eigenvalue weighted by Gasteiger charge is -2.28. The second-order valence-electron chi connectivity index (χ2n) is 9.76. The molecule has 0 bridgehead atoms. The quantitative estimate of drug-likeness (QED) is 0.192. The fraction of sp³-hybridized carbons (Fsp3) is 0.344. The number of urea groups is 1. The van der Waals surface area contributed by atoms with Crippen molar-refractivity contribution in [3.8, 4) is 11.5 Å². The molecular weight excluding hydrogens is 506 g/mol. The first-order chi connectivity index (χ1) is 19.4. The molecule has 0 aliphatic carbocycles. The Bertz CT molecular complexity index is 1210. The monoisotopic (exact) mass is 545 g/mol. The second-order valence-corrected chi connectivity index (χ2v) is 9.76. The van der Waals surface area contributed by atoms with Crippen LogP contribution in [0.4, 0.5) is 10.5 Å². The third-order valence-electron chi connectivity index (χ3n) is 6.61. The van der Waals surface area contributed by atoms with Gasteiger partial charge in [-0.05, 0) is 66.4 Å². The number of para-hydroxylation sites is 1. The molecule has 0 heterocycles. The predicted octanol–water partition coefficient (Wildman–Crippen LogP) is 6.93. The van der Waals surface area contributed by atoms with Crippen molar-refractivity contribution >= 4 is 23.6 Å². The number of carboxylic acid groups (broad SMARTS) is 1. The summed E-state index contributed by atoms with van der Waals surface area (Å²) in [6.45, 7) is 5.40. The number of unbranched alkanes of at least 4 members (excludes halogenated alkanes) is 1. The maximum atomic E-state index is 13.4. The molecule has 0 aliphatic heterocycles. The average Bonchev–Trinajstić information content (AvgIpc) is 2.96. The van der Waals surface area contributed by atoms with Crippen LogP contribution in [-0.4, -0.2) is 41.0 Å². The number of anilines is 1. The third-order valence-corrected chi connectivity index (χ3v) is 6.61. The van der Waals surface area contributed by atoms with Crippen LogP contribution in [0.5, 0.6) is 11.5 Å². The second kappa shape index (κ2) is 15.9. The lowest BCUT2D eigenvalue weighted by molar-refractivity contribution is -0.136. The Kier molecular flexibility index (Phi) is 12.0. The molecule has 0 fully saturated rings. The minimum atomic E-state index is -0.963. The van der Waals surface area contributed by atoms with E-state index in [1.54, 1.807) is 12.1 Å². The first kappa shape index (κ1) is 30.2. The van der Waals surface area contributed by atoms with Gasteiger partial charge in [-0.1, -0.05) is 63.4 Å². The Hall–Kier alpha value is -4.33. The number of rotatable bonds is 15. The molecule has 1 unspecified atom stereocenters. The van der Waals surface area contributed by atoms with E-state index in [0.29, 0.717) is 36.0 Å². The van der Waals surface area contributed by atoms with Gasteiger partial charge in [-0.2, -0.15) is 0 Å². The SMILES string of the molecule is CCCCC(CC)CN(Cc1ccc(C(=O)NCCC(=O)O)cc1)C(=O)Nc1ccc(Oc2ccccc2)cc1. The standard InChI is InChI=1S/C32H39N3O5/c1-3-5-9-24(4-2)22-35(23-25-12-14-26(15-13-25)31(38)33-21-20-30(36)37)32(39)34-27-16-18-29(19-17-27)40-28-10-7-6-8-11-28/h6-8,10-19,24H,3-5,9,20-23H2,1-2H3,(H,33,38)(H,34,39)(H,36,37). The Morgan fingerprint density at radius 2 is 1.57 bits per heavy atom. The summed E-state index contributed by atoms with van der Waals surface area (Å²) in [5.74, 6) is 0.514. The van der Waals surface area contributed by atoms with Gasteiger partial charge in [0, 0.05) is 30.9 Å². The number of nitrogens with one attached hydrogen (secondary N) is 2. The largest absolute Gasteiger partial charge is 0.481 e. The summed E-state index contributed by atoms with van der Waals surface area (Å²) in [6.07, 6.45) is 4.12. The van der Waals surface area contributed by atoms with Crippen LogP contribution in [0.25, 0.3) is 0 Å². The summed E-state index contributed by atoms with van der Waals surface area (Å²) < 4.78 is 5.85. The Morgan fingerprint density at radius 3 is 2.20 bits per heavy atom.